The number of piperidine rings is 1. The number of carbonyl (C=O) groups is 2. The molecule has 1 fully saturated rings. The van der Waals surface area contributed by atoms with Gasteiger partial charge in [-0.25, -0.2) is 0 Å². The van der Waals surface area contributed by atoms with Gasteiger partial charge in [-0.2, -0.15) is 0 Å². The molecule has 2 unspecified atom stereocenters. The molecule has 0 saturated carbocycles. The highest BCUT2D eigenvalue weighted by Crippen LogP contribution is 2.22. The largest absolute Gasteiger partial charge is 0.354 e. The van der Waals surface area contributed by atoms with Crippen molar-refractivity contribution < 1.29 is 9.59 Å². The van der Waals surface area contributed by atoms with Crippen molar-refractivity contribution in [2.45, 2.75) is 65.5 Å². The maximum Gasteiger partial charge on any atom is 0.237 e. The van der Waals surface area contributed by atoms with Crippen molar-refractivity contribution in [1.29, 1.82) is 0 Å². The second kappa shape index (κ2) is 7.63. The zero-order valence-corrected chi connectivity index (χ0v) is 12.7. The number of hydrogen-bond donors (Lipinski definition) is 1. The molecular weight excluding hydrogens is 240 g/mol. The number of nitrogens with one attached hydrogen (secondary N) is 1. The summed E-state index contributed by atoms with van der Waals surface area (Å²) in [6.45, 7) is 9.40. The minimum absolute atomic E-state index is 0.0872. The van der Waals surface area contributed by atoms with Crippen molar-refractivity contribution in [3.63, 3.8) is 0 Å². The SMILES string of the molecule is CC(=O)CC1CCCCN1C(C)C(=O)NCC(C)C. The highest BCUT2D eigenvalue weighted by atomic mass is 16.2. The Balaban J connectivity index is 2.57. The third-order valence-electron chi connectivity index (χ3n) is 3.76. The number of ketones is 1. The van der Waals surface area contributed by atoms with Crippen LogP contribution in [0, 0.1) is 5.92 Å². The summed E-state index contributed by atoms with van der Waals surface area (Å²) in [5, 5.41) is 2.99. The van der Waals surface area contributed by atoms with E-state index in [2.05, 4.69) is 24.1 Å². The van der Waals surface area contributed by atoms with Gasteiger partial charge in [0.15, 0.2) is 0 Å². The van der Waals surface area contributed by atoms with Gasteiger partial charge in [0.05, 0.1) is 6.04 Å². The molecule has 19 heavy (non-hydrogen) atoms. The van der Waals surface area contributed by atoms with Gasteiger partial charge in [0.1, 0.15) is 5.78 Å². The molecule has 0 aliphatic carbocycles. The lowest BCUT2D eigenvalue weighted by molar-refractivity contribution is -0.129. The van der Waals surface area contributed by atoms with Crippen LogP contribution in [0.25, 0.3) is 0 Å². The standard InChI is InChI=1S/C15H28N2O2/c1-11(2)10-16-15(19)13(4)17-8-6-5-7-14(17)9-12(3)18/h11,13-14H,5-10H2,1-4H3,(H,16,19). The lowest BCUT2D eigenvalue weighted by Crippen LogP contribution is -2.52. The molecule has 0 spiro atoms. The third-order valence-corrected chi connectivity index (χ3v) is 3.76. The van der Waals surface area contributed by atoms with Crippen molar-refractivity contribution >= 4 is 11.7 Å². The number of likely N-dealkylation sites (tertiary alicyclic amines) is 1. The molecule has 0 aromatic heterocycles. The summed E-state index contributed by atoms with van der Waals surface area (Å²) in [6.07, 6.45) is 3.88. The van der Waals surface area contributed by atoms with Gasteiger partial charge in [0.25, 0.3) is 0 Å². The van der Waals surface area contributed by atoms with E-state index in [1.165, 1.54) is 0 Å². The quantitative estimate of drug-likeness (QED) is 0.801. The first-order valence-corrected chi connectivity index (χ1v) is 7.44. The molecule has 0 radical (unpaired) electrons. The molecule has 2 atom stereocenters. The summed E-state index contributed by atoms with van der Waals surface area (Å²) in [5.41, 5.74) is 0. The molecule has 110 valence electrons. The maximum absolute atomic E-state index is 12.1. The van der Waals surface area contributed by atoms with E-state index in [9.17, 15) is 9.59 Å². The van der Waals surface area contributed by atoms with Crippen LogP contribution in [0.3, 0.4) is 0 Å². The molecular formula is C15H28N2O2. The van der Waals surface area contributed by atoms with Crippen LogP contribution in [0.1, 0.15) is 53.4 Å². The zero-order chi connectivity index (χ0) is 14.4. The molecule has 0 aromatic rings. The van der Waals surface area contributed by atoms with E-state index in [1.54, 1.807) is 6.92 Å². The van der Waals surface area contributed by atoms with Gasteiger partial charge in [-0.1, -0.05) is 20.3 Å². The lowest BCUT2D eigenvalue weighted by Gasteiger charge is -2.38. The Kier molecular flexibility index (Phi) is 6.49. The molecule has 1 saturated heterocycles. The first kappa shape index (κ1) is 16.2. The van der Waals surface area contributed by atoms with E-state index < -0.39 is 0 Å². The van der Waals surface area contributed by atoms with Crippen molar-refractivity contribution in [3.8, 4) is 0 Å². The molecule has 1 amide bonds. The Morgan fingerprint density at radius 2 is 1.95 bits per heavy atom. The second-order valence-corrected chi connectivity index (χ2v) is 6.11. The zero-order valence-electron chi connectivity index (χ0n) is 12.7. The molecule has 1 aliphatic heterocycles. The third kappa shape index (κ3) is 5.31. The fourth-order valence-electron chi connectivity index (χ4n) is 2.69. The number of nitrogens with zero attached hydrogens (tertiary/aromatic N) is 1. The van der Waals surface area contributed by atoms with Crippen molar-refractivity contribution in [3.05, 3.63) is 0 Å². The van der Waals surface area contributed by atoms with Crippen LogP contribution in [0.5, 0.6) is 0 Å². The van der Waals surface area contributed by atoms with Crippen molar-refractivity contribution in [2.75, 3.05) is 13.1 Å². The maximum atomic E-state index is 12.1. The first-order chi connectivity index (χ1) is 8.91. The summed E-state index contributed by atoms with van der Waals surface area (Å²) in [6, 6.07) is 0.106. The minimum atomic E-state index is -0.136. The van der Waals surface area contributed by atoms with Crippen molar-refractivity contribution in [1.82, 2.24) is 10.2 Å². The van der Waals surface area contributed by atoms with Crippen LogP contribution in [0.2, 0.25) is 0 Å². The van der Waals surface area contributed by atoms with Crippen LogP contribution in [0.15, 0.2) is 0 Å². The Hall–Kier alpha value is -0.900. The normalized spacial score (nSPS) is 22.3. The van der Waals surface area contributed by atoms with E-state index in [4.69, 9.17) is 0 Å². The van der Waals surface area contributed by atoms with E-state index in [-0.39, 0.29) is 23.8 Å². The Labute approximate surface area is 116 Å². The van der Waals surface area contributed by atoms with Gasteiger partial charge in [-0.05, 0) is 39.2 Å². The van der Waals surface area contributed by atoms with E-state index >= 15 is 0 Å². The fourth-order valence-corrected chi connectivity index (χ4v) is 2.69. The Morgan fingerprint density at radius 3 is 2.53 bits per heavy atom. The van der Waals surface area contributed by atoms with Crippen LogP contribution in [0.4, 0.5) is 0 Å². The van der Waals surface area contributed by atoms with E-state index in [0.29, 0.717) is 18.9 Å². The predicted molar refractivity (Wildman–Crippen MR) is 77.0 cm³/mol. The van der Waals surface area contributed by atoms with Gasteiger partial charge in [-0.3, -0.25) is 14.5 Å². The van der Waals surface area contributed by atoms with Crippen molar-refractivity contribution in [2.24, 2.45) is 5.92 Å². The molecule has 4 heteroatoms. The molecule has 0 aromatic carbocycles. The molecule has 1 aliphatic rings. The predicted octanol–water partition coefficient (Wildman–Crippen LogP) is 1.98. The lowest BCUT2D eigenvalue weighted by atomic mass is 9.96. The summed E-state index contributed by atoms with van der Waals surface area (Å²) >= 11 is 0. The number of rotatable bonds is 6. The second-order valence-electron chi connectivity index (χ2n) is 6.11. The highest BCUT2D eigenvalue weighted by Gasteiger charge is 2.30. The monoisotopic (exact) mass is 268 g/mol. The molecule has 1 rings (SSSR count). The van der Waals surface area contributed by atoms with E-state index in [1.807, 2.05) is 6.92 Å². The van der Waals surface area contributed by atoms with Crippen LogP contribution >= 0.6 is 0 Å². The minimum Gasteiger partial charge on any atom is -0.354 e. The summed E-state index contributed by atoms with van der Waals surface area (Å²) in [7, 11) is 0. The smallest absolute Gasteiger partial charge is 0.237 e. The van der Waals surface area contributed by atoms with E-state index in [0.717, 1.165) is 25.8 Å². The van der Waals surface area contributed by atoms with Gasteiger partial charge < -0.3 is 5.32 Å². The van der Waals surface area contributed by atoms with Crippen LogP contribution in [-0.2, 0) is 9.59 Å². The molecule has 1 N–H and O–H groups in total. The summed E-state index contributed by atoms with van der Waals surface area (Å²) < 4.78 is 0. The molecule has 1 heterocycles. The number of amides is 1. The number of Topliss-reactive ketones (excluding diaryl/α,β-unsaturated/α-hetero) is 1. The molecule has 0 bridgehead atoms. The van der Waals surface area contributed by atoms with Crippen LogP contribution in [-0.4, -0.2) is 41.8 Å². The number of carbonyl (C=O) groups excluding carboxylic acids is 2. The highest BCUT2D eigenvalue weighted by molar-refractivity contribution is 5.81. The van der Waals surface area contributed by atoms with Gasteiger partial charge in [-0.15, -0.1) is 0 Å². The average molecular weight is 268 g/mol. The topological polar surface area (TPSA) is 49.4 Å². The average Bonchev–Trinajstić information content (AvgIpc) is 2.35. The Bertz CT molecular complexity index is 315. The summed E-state index contributed by atoms with van der Waals surface area (Å²) in [4.78, 5) is 25.7. The summed E-state index contributed by atoms with van der Waals surface area (Å²) in [5.74, 6) is 0.765. The molecule has 4 nitrogen and oxygen atoms in total. The van der Waals surface area contributed by atoms with Crippen LogP contribution < -0.4 is 5.32 Å². The van der Waals surface area contributed by atoms with Gasteiger partial charge in [0, 0.05) is 19.0 Å². The fraction of sp³-hybridized carbons (Fsp3) is 0.867. The Morgan fingerprint density at radius 1 is 1.26 bits per heavy atom. The first-order valence-electron chi connectivity index (χ1n) is 7.44. The van der Waals surface area contributed by atoms with Gasteiger partial charge >= 0.3 is 0 Å². The number of hydrogen-bond acceptors (Lipinski definition) is 3. The van der Waals surface area contributed by atoms with Gasteiger partial charge in [0.2, 0.25) is 5.91 Å².